The van der Waals surface area contributed by atoms with Crippen LogP contribution in [0.2, 0.25) is 0 Å². The van der Waals surface area contributed by atoms with Crippen molar-refractivity contribution in [3.8, 4) is 0 Å². The predicted octanol–water partition coefficient (Wildman–Crippen LogP) is 1.57. The zero-order valence-corrected chi connectivity index (χ0v) is 12.3. The number of carbonyl (C=O) groups is 2. The third-order valence-electron chi connectivity index (χ3n) is 3.93. The van der Waals surface area contributed by atoms with E-state index in [4.69, 9.17) is 5.11 Å². The first-order valence-electron chi connectivity index (χ1n) is 7.21. The van der Waals surface area contributed by atoms with E-state index in [-0.39, 0.29) is 12.3 Å². The van der Waals surface area contributed by atoms with E-state index in [1.54, 1.807) is 0 Å². The normalized spacial score (nSPS) is 23.7. The highest BCUT2D eigenvalue weighted by molar-refractivity contribution is 5.79. The number of carbonyl (C=O) groups excluding carboxylic acids is 1. The van der Waals surface area contributed by atoms with E-state index in [0.717, 1.165) is 12.8 Å². The van der Waals surface area contributed by atoms with Gasteiger partial charge in [-0.15, -0.1) is 0 Å². The van der Waals surface area contributed by atoms with E-state index in [2.05, 4.69) is 13.8 Å². The van der Waals surface area contributed by atoms with Gasteiger partial charge < -0.3 is 10.0 Å². The van der Waals surface area contributed by atoms with Crippen LogP contribution in [0.5, 0.6) is 0 Å². The summed E-state index contributed by atoms with van der Waals surface area (Å²) in [6, 6.07) is 0.601. The number of piperidine rings is 1. The summed E-state index contributed by atoms with van der Waals surface area (Å²) in [7, 11) is 0. The average Bonchev–Trinajstić information content (AvgIpc) is 2.34. The van der Waals surface area contributed by atoms with Crippen molar-refractivity contribution in [1.29, 1.82) is 0 Å². The van der Waals surface area contributed by atoms with E-state index < -0.39 is 5.97 Å². The Bertz CT molecular complexity index is 310. The number of hydrogen-bond donors (Lipinski definition) is 1. The van der Waals surface area contributed by atoms with Crippen LogP contribution in [-0.4, -0.2) is 58.5 Å². The van der Waals surface area contributed by atoms with Crippen LogP contribution in [0.15, 0.2) is 0 Å². The maximum absolute atomic E-state index is 12.4. The molecule has 1 saturated heterocycles. The highest BCUT2D eigenvalue weighted by Crippen LogP contribution is 2.22. The van der Waals surface area contributed by atoms with Crippen LogP contribution in [0.1, 0.15) is 46.5 Å². The third-order valence-corrected chi connectivity index (χ3v) is 3.93. The number of hydrogen-bond acceptors (Lipinski definition) is 3. The Morgan fingerprint density at radius 3 is 2.32 bits per heavy atom. The molecule has 1 amide bonds. The van der Waals surface area contributed by atoms with Crippen LogP contribution >= 0.6 is 0 Å². The SMILES string of the molecule is CCN(CCC(=O)O)CC(=O)N1C(C)CCCC1C. The summed E-state index contributed by atoms with van der Waals surface area (Å²) in [5, 5.41) is 8.70. The monoisotopic (exact) mass is 270 g/mol. The molecule has 0 aromatic heterocycles. The first-order chi connectivity index (χ1) is 8.95. The molecule has 1 N–H and O–H groups in total. The van der Waals surface area contributed by atoms with Gasteiger partial charge in [0.15, 0.2) is 0 Å². The lowest BCUT2D eigenvalue weighted by Gasteiger charge is -2.40. The summed E-state index contributed by atoms with van der Waals surface area (Å²) >= 11 is 0. The Morgan fingerprint density at radius 2 is 1.84 bits per heavy atom. The number of likely N-dealkylation sites (N-methyl/N-ethyl adjacent to an activating group) is 1. The Balaban J connectivity index is 2.53. The number of amides is 1. The molecular weight excluding hydrogens is 244 g/mol. The molecular formula is C14H26N2O3. The zero-order valence-electron chi connectivity index (χ0n) is 12.3. The number of likely N-dealkylation sites (tertiary alicyclic amines) is 1. The van der Waals surface area contributed by atoms with Crippen LogP contribution < -0.4 is 0 Å². The molecule has 1 heterocycles. The number of carboxylic acids is 1. The van der Waals surface area contributed by atoms with Crippen LogP contribution in [0, 0.1) is 0 Å². The van der Waals surface area contributed by atoms with Gasteiger partial charge in [-0.25, -0.2) is 0 Å². The Kier molecular flexibility index (Phi) is 6.28. The van der Waals surface area contributed by atoms with Crippen molar-refractivity contribution in [3.63, 3.8) is 0 Å². The van der Waals surface area contributed by atoms with Gasteiger partial charge in [0.05, 0.1) is 13.0 Å². The molecule has 0 aromatic carbocycles. The van der Waals surface area contributed by atoms with Gasteiger partial charge in [0.1, 0.15) is 0 Å². The Hall–Kier alpha value is -1.10. The molecule has 1 aliphatic rings. The molecule has 0 bridgehead atoms. The first kappa shape index (κ1) is 16.0. The molecule has 2 atom stereocenters. The van der Waals surface area contributed by atoms with Crippen molar-refractivity contribution in [2.45, 2.75) is 58.5 Å². The molecule has 5 heteroatoms. The van der Waals surface area contributed by atoms with E-state index >= 15 is 0 Å². The van der Waals surface area contributed by atoms with E-state index in [9.17, 15) is 9.59 Å². The molecule has 0 saturated carbocycles. The van der Waals surface area contributed by atoms with Crippen LogP contribution in [0.4, 0.5) is 0 Å². The lowest BCUT2D eigenvalue weighted by Crippen LogP contribution is -2.51. The van der Waals surface area contributed by atoms with Gasteiger partial charge in [0.25, 0.3) is 0 Å². The van der Waals surface area contributed by atoms with Gasteiger partial charge in [-0.3, -0.25) is 14.5 Å². The van der Waals surface area contributed by atoms with E-state index in [1.807, 2.05) is 16.7 Å². The first-order valence-corrected chi connectivity index (χ1v) is 7.21. The van der Waals surface area contributed by atoms with Crippen molar-refractivity contribution in [2.24, 2.45) is 0 Å². The second kappa shape index (κ2) is 7.48. The second-order valence-corrected chi connectivity index (χ2v) is 5.44. The molecule has 0 aromatic rings. The van der Waals surface area contributed by atoms with Gasteiger partial charge in [0.2, 0.25) is 5.91 Å². The van der Waals surface area contributed by atoms with Crippen molar-refractivity contribution < 1.29 is 14.7 Å². The molecule has 0 radical (unpaired) electrons. The van der Waals surface area contributed by atoms with Gasteiger partial charge in [0, 0.05) is 18.6 Å². The summed E-state index contributed by atoms with van der Waals surface area (Å²) in [5.41, 5.74) is 0. The van der Waals surface area contributed by atoms with Crippen LogP contribution in [-0.2, 0) is 9.59 Å². The van der Waals surface area contributed by atoms with Gasteiger partial charge >= 0.3 is 5.97 Å². The van der Waals surface area contributed by atoms with E-state index in [1.165, 1.54) is 6.42 Å². The van der Waals surface area contributed by atoms with Gasteiger partial charge in [-0.05, 0) is 39.7 Å². The second-order valence-electron chi connectivity index (χ2n) is 5.44. The molecule has 5 nitrogen and oxygen atoms in total. The summed E-state index contributed by atoms with van der Waals surface area (Å²) < 4.78 is 0. The van der Waals surface area contributed by atoms with Crippen molar-refractivity contribution >= 4 is 11.9 Å². The molecule has 0 spiro atoms. The fourth-order valence-electron chi connectivity index (χ4n) is 2.79. The predicted molar refractivity (Wildman–Crippen MR) is 74.0 cm³/mol. The number of carboxylic acid groups (broad SMARTS) is 1. The third kappa shape index (κ3) is 4.82. The fourth-order valence-corrected chi connectivity index (χ4v) is 2.79. The molecule has 1 fully saturated rings. The largest absolute Gasteiger partial charge is 0.481 e. The highest BCUT2D eigenvalue weighted by Gasteiger charge is 2.29. The van der Waals surface area contributed by atoms with Crippen LogP contribution in [0.25, 0.3) is 0 Å². The zero-order chi connectivity index (χ0) is 14.4. The van der Waals surface area contributed by atoms with Gasteiger partial charge in [-0.1, -0.05) is 6.92 Å². The molecule has 1 aliphatic heterocycles. The van der Waals surface area contributed by atoms with Crippen molar-refractivity contribution in [2.75, 3.05) is 19.6 Å². The molecule has 0 aliphatic carbocycles. The molecule has 19 heavy (non-hydrogen) atoms. The smallest absolute Gasteiger partial charge is 0.304 e. The maximum atomic E-state index is 12.4. The minimum atomic E-state index is -0.814. The lowest BCUT2D eigenvalue weighted by atomic mass is 9.97. The standard InChI is InChI=1S/C14H26N2O3/c1-4-15(9-8-14(18)19)10-13(17)16-11(2)6-5-7-12(16)3/h11-12H,4-10H2,1-3H3,(H,18,19). The van der Waals surface area contributed by atoms with Crippen molar-refractivity contribution in [1.82, 2.24) is 9.80 Å². The fraction of sp³-hybridized carbons (Fsp3) is 0.857. The average molecular weight is 270 g/mol. The Labute approximate surface area is 115 Å². The summed E-state index contributed by atoms with van der Waals surface area (Å²) in [5.74, 6) is -0.683. The molecule has 110 valence electrons. The van der Waals surface area contributed by atoms with Crippen molar-refractivity contribution in [3.05, 3.63) is 0 Å². The minimum Gasteiger partial charge on any atom is -0.481 e. The Morgan fingerprint density at radius 1 is 1.26 bits per heavy atom. The number of aliphatic carboxylic acids is 1. The highest BCUT2D eigenvalue weighted by atomic mass is 16.4. The number of nitrogens with zero attached hydrogens (tertiary/aromatic N) is 2. The summed E-state index contributed by atoms with van der Waals surface area (Å²) in [4.78, 5) is 26.8. The van der Waals surface area contributed by atoms with E-state index in [0.29, 0.717) is 31.7 Å². The minimum absolute atomic E-state index is 0.0895. The summed E-state index contributed by atoms with van der Waals surface area (Å²) in [6.45, 7) is 7.63. The molecule has 2 unspecified atom stereocenters. The lowest BCUT2D eigenvalue weighted by molar-refractivity contribution is -0.141. The number of rotatable bonds is 6. The van der Waals surface area contributed by atoms with Gasteiger partial charge in [-0.2, -0.15) is 0 Å². The topological polar surface area (TPSA) is 60.9 Å². The van der Waals surface area contributed by atoms with Crippen LogP contribution in [0.3, 0.4) is 0 Å². The maximum Gasteiger partial charge on any atom is 0.304 e. The quantitative estimate of drug-likeness (QED) is 0.796. The molecule has 1 rings (SSSR count). The summed E-state index contributed by atoms with van der Waals surface area (Å²) in [6.07, 6.45) is 3.41.